The summed E-state index contributed by atoms with van der Waals surface area (Å²) in [5, 5.41) is 20.0. The standard InChI is InChI=1S/C24H30O9/c25-22(12-27-15-30-19-7-8-19)32-20-5-1-3-17(10-20)9-18-4-2-6-21(11-18)33-23(26)13-28-16-31-24-14-29-24/h1-6,10-11,19,22-26H,7-9,12-16H2. The Hall–Kier alpha value is -2.24. The van der Waals surface area contributed by atoms with Gasteiger partial charge < -0.3 is 43.4 Å². The maximum atomic E-state index is 10.0. The molecule has 0 aromatic heterocycles. The molecule has 3 unspecified atom stereocenters. The number of rotatable bonds is 16. The summed E-state index contributed by atoms with van der Waals surface area (Å²) in [5.41, 5.74) is 1.99. The highest BCUT2D eigenvalue weighted by Crippen LogP contribution is 2.23. The third-order valence-electron chi connectivity index (χ3n) is 4.82. The van der Waals surface area contributed by atoms with Crippen LogP contribution in [0.15, 0.2) is 48.5 Å². The predicted molar refractivity (Wildman–Crippen MR) is 116 cm³/mol. The third-order valence-corrected chi connectivity index (χ3v) is 4.82. The molecule has 33 heavy (non-hydrogen) atoms. The molecule has 9 nitrogen and oxygen atoms in total. The molecule has 2 aliphatic rings. The van der Waals surface area contributed by atoms with Crippen LogP contribution in [-0.2, 0) is 30.1 Å². The van der Waals surface area contributed by atoms with E-state index in [0.717, 1.165) is 24.0 Å². The molecule has 1 aliphatic heterocycles. The number of ether oxygens (including phenoxy) is 7. The minimum atomic E-state index is -1.11. The zero-order valence-corrected chi connectivity index (χ0v) is 18.3. The summed E-state index contributed by atoms with van der Waals surface area (Å²) in [6, 6.07) is 14.9. The summed E-state index contributed by atoms with van der Waals surface area (Å²) in [5.74, 6) is 1.08. The van der Waals surface area contributed by atoms with E-state index in [1.165, 1.54) is 0 Å². The molecule has 0 amide bonds. The van der Waals surface area contributed by atoms with Crippen LogP contribution in [0.5, 0.6) is 11.5 Å². The number of aliphatic hydroxyl groups is 2. The first-order valence-corrected chi connectivity index (χ1v) is 11.0. The highest BCUT2D eigenvalue weighted by atomic mass is 16.8. The second-order valence-electron chi connectivity index (χ2n) is 7.89. The molecule has 1 saturated carbocycles. The molecule has 0 spiro atoms. The Morgan fingerprint density at radius 1 is 0.818 bits per heavy atom. The lowest BCUT2D eigenvalue weighted by molar-refractivity contribution is -0.139. The first-order chi connectivity index (χ1) is 16.1. The van der Waals surface area contributed by atoms with Gasteiger partial charge in [-0.1, -0.05) is 24.3 Å². The topological polar surface area (TPSA) is 108 Å². The van der Waals surface area contributed by atoms with Gasteiger partial charge in [0.1, 0.15) is 44.9 Å². The van der Waals surface area contributed by atoms with Gasteiger partial charge in [0.25, 0.3) is 0 Å². The van der Waals surface area contributed by atoms with Crippen molar-refractivity contribution in [2.45, 2.75) is 44.2 Å². The van der Waals surface area contributed by atoms with E-state index in [0.29, 0.717) is 30.6 Å². The Labute approximate surface area is 192 Å². The number of benzene rings is 2. The van der Waals surface area contributed by atoms with E-state index in [1.807, 2.05) is 36.4 Å². The van der Waals surface area contributed by atoms with Crippen molar-refractivity contribution in [3.63, 3.8) is 0 Å². The van der Waals surface area contributed by atoms with Crippen LogP contribution in [0.1, 0.15) is 24.0 Å². The number of hydrogen-bond acceptors (Lipinski definition) is 9. The number of aliphatic hydroxyl groups excluding tert-OH is 2. The first-order valence-electron chi connectivity index (χ1n) is 11.0. The summed E-state index contributed by atoms with van der Waals surface area (Å²) < 4.78 is 37.0. The van der Waals surface area contributed by atoms with Gasteiger partial charge >= 0.3 is 0 Å². The second kappa shape index (κ2) is 12.3. The van der Waals surface area contributed by atoms with E-state index >= 15 is 0 Å². The molecule has 1 heterocycles. The van der Waals surface area contributed by atoms with Crippen molar-refractivity contribution in [3.8, 4) is 11.5 Å². The van der Waals surface area contributed by atoms with Gasteiger partial charge in [0.15, 0.2) is 6.29 Å². The Bertz CT molecular complexity index is 784. The van der Waals surface area contributed by atoms with Gasteiger partial charge in [-0.3, -0.25) is 0 Å². The van der Waals surface area contributed by atoms with Gasteiger partial charge in [-0.2, -0.15) is 0 Å². The largest absolute Gasteiger partial charge is 0.463 e. The lowest BCUT2D eigenvalue weighted by Crippen LogP contribution is -2.23. The van der Waals surface area contributed by atoms with Crippen molar-refractivity contribution in [1.29, 1.82) is 0 Å². The Morgan fingerprint density at radius 2 is 1.36 bits per heavy atom. The maximum absolute atomic E-state index is 10.0. The maximum Gasteiger partial charge on any atom is 0.221 e. The van der Waals surface area contributed by atoms with Crippen LogP contribution in [-0.4, -0.2) is 68.6 Å². The van der Waals surface area contributed by atoms with E-state index in [9.17, 15) is 10.2 Å². The van der Waals surface area contributed by atoms with Crippen LogP contribution in [0, 0.1) is 0 Å². The van der Waals surface area contributed by atoms with E-state index in [4.69, 9.17) is 33.2 Å². The van der Waals surface area contributed by atoms with Gasteiger partial charge in [0.05, 0.1) is 6.10 Å². The van der Waals surface area contributed by atoms with E-state index in [1.54, 1.807) is 12.1 Å². The fourth-order valence-corrected chi connectivity index (χ4v) is 3.01. The molecular weight excluding hydrogens is 432 g/mol. The molecule has 9 heteroatoms. The summed E-state index contributed by atoms with van der Waals surface area (Å²) >= 11 is 0. The summed E-state index contributed by atoms with van der Waals surface area (Å²) in [6.07, 6.45) is 0.702. The van der Waals surface area contributed by atoms with Crippen LogP contribution >= 0.6 is 0 Å². The van der Waals surface area contributed by atoms with Crippen molar-refractivity contribution < 1.29 is 43.4 Å². The van der Waals surface area contributed by atoms with Crippen molar-refractivity contribution in [1.82, 2.24) is 0 Å². The second-order valence-corrected chi connectivity index (χ2v) is 7.89. The number of epoxide rings is 1. The summed E-state index contributed by atoms with van der Waals surface area (Å²) in [7, 11) is 0. The molecule has 4 rings (SSSR count). The fraction of sp³-hybridized carbons (Fsp3) is 0.500. The molecule has 0 bridgehead atoms. The van der Waals surface area contributed by atoms with Gasteiger partial charge in [0, 0.05) is 0 Å². The minimum Gasteiger partial charge on any atom is -0.463 e. The van der Waals surface area contributed by atoms with Gasteiger partial charge in [0.2, 0.25) is 12.6 Å². The van der Waals surface area contributed by atoms with Crippen molar-refractivity contribution >= 4 is 0 Å². The van der Waals surface area contributed by atoms with Crippen LogP contribution in [0.4, 0.5) is 0 Å². The molecule has 1 aliphatic carbocycles. The summed E-state index contributed by atoms with van der Waals surface area (Å²) in [4.78, 5) is 0. The lowest BCUT2D eigenvalue weighted by atomic mass is 10.0. The average Bonchev–Trinajstić information content (AvgIpc) is 3.71. The Balaban J connectivity index is 1.20. The monoisotopic (exact) mass is 462 g/mol. The van der Waals surface area contributed by atoms with Crippen molar-refractivity contribution in [3.05, 3.63) is 59.7 Å². The first kappa shape index (κ1) is 23.9. The van der Waals surface area contributed by atoms with Crippen LogP contribution in [0.2, 0.25) is 0 Å². The molecule has 3 atom stereocenters. The van der Waals surface area contributed by atoms with Crippen LogP contribution in [0.25, 0.3) is 0 Å². The highest BCUT2D eigenvalue weighted by Gasteiger charge is 2.23. The summed E-state index contributed by atoms with van der Waals surface area (Å²) in [6.45, 7) is 0.791. The quantitative estimate of drug-likeness (QED) is 0.220. The smallest absolute Gasteiger partial charge is 0.221 e. The van der Waals surface area contributed by atoms with Crippen LogP contribution in [0.3, 0.4) is 0 Å². The molecule has 0 radical (unpaired) electrons. The van der Waals surface area contributed by atoms with E-state index in [2.05, 4.69) is 0 Å². The molecular formula is C24H30O9. The molecule has 2 aromatic rings. The fourth-order valence-electron chi connectivity index (χ4n) is 3.01. The molecule has 1 saturated heterocycles. The van der Waals surface area contributed by atoms with Gasteiger partial charge in [-0.15, -0.1) is 0 Å². The van der Waals surface area contributed by atoms with E-state index < -0.39 is 12.6 Å². The SMILES string of the molecule is OC(COCOC1CC1)Oc1cccc(Cc2cccc(OC(O)COCOC3CO3)c2)c1. The normalized spacial score (nSPS) is 19.2. The average molecular weight is 462 g/mol. The molecule has 2 N–H and O–H groups in total. The zero-order valence-electron chi connectivity index (χ0n) is 18.3. The van der Waals surface area contributed by atoms with Gasteiger partial charge in [-0.05, 0) is 54.7 Å². The molecule has 2 fully saturated rings. The molecule has 2 aromatic carbocycles. The minimum absolute atomic E-state index is 0.0188. The van der Waals surface area contributed by atoms with Gasteiger partial charge in [-0.25, -0.2) is 0 Å². The molecule has 180 valence electrons. The van der Waals surface area contributed by atoms with Crippen molar-refractivity contribution in [2.75, 3.05) is 33.4 Å². The third kappa shape index (κ3) is 9.26. The predicted octanol–water partition coefficient (Wildman–Crippen LogP) is 2.17. The number of hydrogen-bond donors (Lipinski definition) is 2. The lowest BCUT2D eigenvalue weighted by Gasteiger charge is -2.15. The van der Waals surface area contributed by atoms with E-state index in [-0.39, 0.29) is 33.1 Å². The Morgan fingerprint density at radius 3 is 1.88 bits per heavy atom. The zero-order chi connectivity index (χ0) is 22.9. The highest BCUT2D eigenvalue weighted by molar-refractivity contribution is 5.35. The Kier molecular flexibility index (Phi) is 8.90. The van der Waals surface area contributed by atoms with Crippen LogP contribution < -0.4 is 9.47 Å². The van der Waals surface area contributed by atoms with Crippen molar-refractivity contribution in [2.24, 2.45) is 0 Å².